The van der Waals surface area contributed by atoms with Gasteiger partial charge in [-0.15, -0.1) is 0 Å². The van der Waals surface area contributed by atoms with Crippen LogP contribution in [0.15, 0.2) is 0 Å². The Labute approximate surface area is 74.9 Å². The highest BCUT2D eigenvalue weighted by Gasteiger charge is 2.44. The highest BCUT2D eigenvalue weighted by atomic mass is 16.7. The summed E-state index contributed by atoms with van der Waals surface area (Å²) in [6.07, 6.45) is 0.595. The number of hydrogen-bond acceptors (Lipinski definition) is 5. The molecule has 2 aliphatic heterocycles. The van der Waals surface area contributed by atoms with E-state index in [4.69, 9.17) is 14.2 Å². The molecule has 13 heavy (non-hydrogen) atoms. The predicted molar refractivity (Wildman–Crippen MR) is 39.6 cm³/mol. The van der Waals surface area contributed by atoms with Gasteiger partial charge in [0, 0.05) is 12.8 Å². The lowest BCUT2D eigenvalue weighted by Crippen LogP contribution is -2.48. The zero-order valence-corrected chi connectivity index (χ0v) is 7.08. The van der Waals surface area contributed by atoms with Crippen molar-refractivity contribution in [2.24, 2.45) is 0 Å². The van der Waals surface area contributed by atoms with Crippen LogP contribution in [0.25, 0.3) is 0 Å². The van der Waals surface area contributed by atoms with E-state index in [1.165, 1.54) is 0 Å². The lowest BCUT2D eigenvalue weighted by Gasteiger charge is -2.37. The lowest BCUT2D eigenvalue weighted by molar-refractivity contribution is -0.263. The van der Waals surface area contributed by atoms with Crippen molar-refractivity contribution < 1.29 is 23.8 Å². The molecule has 0 bridgehead atoms. The van der Waals surface area contributed by atoms with Gasteiger partial charge in [0.1, 0.15) is 6.42 Å². The Morgan fingerprint density at radius 1 is 1.00 bits per heavy atom. The second-order valence-electron chi connectivity index (χ2n) is 3.15. The van der Waals surface area contributed by atoms with Crippen molar-refractivity contribution in [3.8, 4) is 0 Å². The zero-order chi connectivity index (χ0) is 9.31. The molecule has 1 spiro atoms. The van der Waals surface area contributed by atoms with E-state index in [1.54, 1.807) is 0 Å². The van der Waals surface area contributed by atoms with Gasteiger partial charge >= 0.3 is 11.9 Å². The molecule has 0 unspecified atom stereocenters. The zero-order valence-electron chi connectivity index (χ0n) is 7.08. The van der Waals surface area contributed by atoms with Crippen molar-refractivity contribution in [1.29, 1.82) is 0 Å². The largest absolute Gasteiger partial charge is 0.422 e. The maximum atomic E-state index is 11.0. The molecule has 0 saturated carbocycles. The minimum Gasteiger partial charge on any atom is -0.422 e. The summed E-state index contributed by atoms with van der Waals surface area (Å²) in [4.78, 5) is 22.0. The quantitative estimate of drug-likeness (QED) is 0.393. The second kappa shape index (κ2) is 2.99. The molecule has 2 aliphatic rings. The van der Waals surface area contributed by atoms with E-state index in [-0.39, 0.29) is 6.42 Å². The van der Waals surface area contributed by atoms with Crippen molar-refractivity contribution in [2.45, 2.75) is 25.0 Å². The Balaban J connectivity index is 2.11. The number of hydrogen-bond donors (Lipinski definition) is 0. The van der Waals surface area contributed by atoms with E-state index in [0.717, 1.165) is 0 Å². The summed E-state index contributed by atoms with van der Waals surface area (Å²) in [6, 6.07) is 0. The molecule has 0 radical (unpaired) electrons. The number of ether oxygens (including phenoxy) is 3. The molecule has 0 atom stereocenters. The number of carbonyl (C=O) groups excluding carboxylic acids is 2. The van der Waals surface area contributed by atoms with Crippen molar-refractivity contribution in [2.75, 3.05) is 13.2 Å². The van der Waals surface area contributed by atoms with E-state index in [0.29, 0.717) is 26.1 Å². The molecular formula is C8H10O5. The smallest absolute Gasteiger partial charge is 0.320 e. The van der Waals surface area contributed by atoms with E-state index in [9.17, 15) is 9.59 Å². The van der Waals surface area contributed by atoms with Gasteiger partial charge in [-0.2, -0.15) is 0 Å². The topological polar surface area (TPSA) is 61.8 Å². The molecule has 0 aromatic heterocycles. The van der Waals surface area contributed by atoms with Crippen molar-refractivity contribution in [3.63, 3.8) is 0 Å². The summed E-state index contributed by atoms with van der Waals surface area (Å²) in [5.74, 6) is -2.03. The lowest BCUT2D eigenvalue weighted by atomic mass is 10.1. The van der Waals surface area contributed by atoms with Crippen LogP contribution in [0.3, 0.4) is 0 Å². The molecule has 0 N–H and O–H groups in total. The average molecular weight is 186 g/mol. The Hall–Kier alpha value is -1.10. The third-order valence-corrected chi connectivity index (χ3v) is 2.14. The molecule has 2 heterocycles. The van der Waals surface area contributed by atoms with Crippen LogP contribution in [0.5, 0.6) is 0 Å². The first-order valence-electron chi connectivity index (χ1n) is 4.22. The van der Waals surface area contributed by atoms with Gasteiger partial charge in [0.2, 0.25) is 0 Å². The van der Waals surface area contributed by atoms with Crippen LogP contribution >= 0.6 is 0 Å². The van der Waals surface area contributed by atoms with Crippen molar-refractivity contribution in [1.82, 2.24) is 0 Å². The van der Waals surface area contributed by atoms with Crippen molar-refractivity contribution >= 4 is 11.9 Å². The molecule has 2 fully saturated rings. The first-order chi connectivity index (χ1) is 6.20. The first-order valence-corrected chi connectivity index (χ1v) is 4.22. The standard InChI is InChI=1S/C8H10O5/c9-6-5-7(10)13-8(12-6)1-3-11-4-2-8/h1-5H2. The van der Waals surface area contributed by atoms with Crippen LogP contribution in [0.4, 0.5) is 0 Å². The summed E-state index contributed by atoms with van der Waals surface area (Å²) in [6.45, 7) is 0.918. The van der Waals surface area contributed by atoms with Crippen LogP contribution in [-0.2, 0) is 23.8 Å². The van der Waals surface area contributed by atoms with Crippen LogP contribution in [-0.4, -0.2) is 30.9 Å². The van der Waals surface area contributed by atoms with Crippen molar-refractivity contribution in [3.05, 3.63) is 0 Å². The van der Waals surface area contributed by atoms with Gasteiger partial charge in [-0.1, -0.05) is 0 Å². The van der Waals surface area contributed by atoms with Crippen LogP contribution in [0.1, 0.15) is 19.3 Å². The SMILES string of the molecule is O=C1CC(=O)OC2(CCOCC2)O1. The highest BCUT2D eigenvalue weighted by molar-refractivity contribution is 5.93. The Morgan fingerprint density at radius 3 is 2.08 bits per heavy atom. The average Bonchev–Trinajstić information content (AvgIpc) is 2.02. The summed E-state index contributed by atoms with van der Waals surface area (Å²) in [5, 5.41) is 0. The molecule has 5 heteroatoms. The summed E-state index contributed by atoms with van der Waals surface area (Å²) >= 11 is 0. The minimum absolute atomic E-state index is 0.275. The molecule has 5 nitrogen and oxygen atoms in total. The molecule has 2 rings (SSSR count). The Morgan fingerprint density at radius 2 is 1.54 bits per heavy atom. The van der Waals surface area contributed by atoms with Crippen LogP contribution in [0, 0.1) is 0 Å². The molecule has 72 valence electrons. The van der Waals surface area contributed by atoms with Gasteiger partial charge in [-0.05, 0) is 0 Å². The maximum Gasteiger partial charge on any atom is 0.320 e. The molecule has 0 amide bonds. The summed E-state index contributed by atoms with van der Waals surface area (Å²) < 4.78 is 15.1. The van der Waals surface area contributed by atoms with Gasteiger partial charge < -0.3 is 14.2 Å². The number of carbonyl (C=O) groups is 2. The van der Waals surface area contributed by atoms with Gasteiger partial charge in [0.25, 0.3) is 5.79 Å². The third kappa shape index (κ3) is 1.65. The molecule has 0 aliphatic carbocycles. The predicted octanol–water partition coefficient (Wildman–Crippen LogP) is -0.0168. The van der Waals surface area contributed by atoms with E-state index in [1.807, 2.05) is 0 Å². The number of esters is 2. The fourth-order valence-electron chi connectivity index (χ4n) is 1.51. The highest BCUT2D eigenvalue weighted by Crippen LogP contribution is 2.30. The second-order valence-corrected chi connectivity index (χ2v) is 3.15. The van der Waals surface area contributed by atoms with E-state index < -0.39 is 17.7 Å². The van der Waals surface area contributed by atoms with Gasteiger partial charge in [0.15, 0.2) is 0 Å². The van der Waals surface area contributed by atoms with E-state index in [2.05, 4.69) is 0 Å². The monoisotopic (exact) mass is 186 g/mol. The van der Waals surface area contributed by atoms with Gasteiger partial charge in [-0.3, -0.25) is 9.59 Å². The third-order valence-electron chi connectivity index (χ3n) is 2.14. The van der Waals surface area contributed by atoms with E-state index >= 15 is 0 Å². The molecular weight excluding hydrogens is 176 g/mol. The molecule has 0 aromatic rings. The maximum absolute atomic E-state index is 11.0. The van der Waals surface area contributed by atoms with Crippen LogP contribution in [0.2, 0.25) is 0 Å². The fourth-order valence-corrected chi connectivity index (χ4v) is 1.51. The summed E-state index contributed by atoms with van der Waals surface area (Å²) in [5.41, 5.74) is 0. The number of rotatable bonds is 0. The summed E-state index contributed by atoms with van der Waals surface area (Å²) in [7, 11) is 0. The fraction of sp³-hybridized carbons (Fsp3) is 0.750. The Kier molecular flexibility index (Phi) is 1.95. The first kappa shape index (κ1) is 8.50. The molecule has 0 aromatic carbocycles. The van der Waals surface area contributed by atoms with Crippen LogP contribution < -0.4 is 0 Å². The Bertz CT molecular complexity index is 223. The normalized spacial score (nSPS) is 26.8. The molecule has 2 saturated heterocycles. The minimum atomic E-state index is -1.02. The van der Waals surface area contributed by atoms with Gasteiger partial charge in [0.05, 0.1) is 13.2 Å². The van der Waals surface area contributed by atoms with Gasteiger partial charge in [-0.25, -0.2) is 0 Å².